The van der Waals surface area contributed by atoms with Gasteiger partial charge in [0.2, 0.25) is 0 Å². The summed E-state index contributed by atoms with van der Waals surface area (Å²) in [5.41, 5.74) is 5.33. The topological polar surface area (TPSA) is 81.4 Å². The molecule has 6 heteroatoms. The van der Waals surface area contributed by atoms with Crippen LogP contribution in [0.1, 0.15) is 6.92 Å². The molecule has 0 fully saturated rings. The molecule has 15 heavy (non-hydrogen) atoms. The van der Waals surface area contributed by atoms with Crippen molar-refractivity contribution in [3.05, 3.63) is 24.4 Å². The van der Waals surface area contributed by atoms with Crippen LogP contribution in [0.3, 0.4) is 0 Å². The van der Waals surface area contributed by atoms with Crippen molar-refractivity contribution in [1.29, 1.82) is 0 Å². The maximum absolute atomic E-state index is 10.9. The molecule has 1 amide bonds. The van der Waals surface area contributed by atoms with E-state index in [0.29, 0.717) is 12.1 Å². The zero-order chi connectivity index (χ0) is 11.1. The number of rotatable bonds is 6. The second-order valence-corrected chi connectivity index (χ2v) is 2.69. The smallest absolute Gasteiger partial charge is 0.333 e. The van der Waals surface area contributed by atoms with Gasteiger partial charge in [-0.05, 0) is 6.92 Å². The van der Waals surface area contributed by atoms with E-state index in [1.165, 1.54) is 0 Å². The molecule has 0 aliphatic rings. The van der Waals surface area contributed by atoms with E-state index >= 15 is 0 Å². The number of carbonyl (C=O) groups is 2. The van der Waals surface area contributed by atoms with Crippen molar-refractivity contribution in [2.45, 2.75) is 6.92 Å². The van der Waals surface area contributed by atoms with E-state index in [1.54, 1.807) is 6.92 Å². The van der Waals surface area contributed by atoms with Gasteiger partial charge in [0.05, 0.1) is 5.70 Å². The van der Waals surface area contributed by atoms with Crippen LogP contribution in [0.25, 0.3) is 0 Å². The number of hydrogen-bond acceptors (Lipinski definition) is 4. The maximum Gasteiger partial charge on any atom is 0.333 e. The molecule has 0 aliphatic heterocycles. The molecule has 0 unspecified atom stereocenters. The van der Waals surface area contributed by atoms with Gasteiger partial charge in [-0.2, -0.15) is 0 Å². The standard InChI is InChI=1S/C9H14N2O3.ClH/c1-6(2)9(13)14-5-4-11-7(3)8(10)12;/h11H,1,3-5H2,2H3,(H2,10,12);1H. The lowest BCUT2D eigenvalue weighted by molar-refractivity contribution is -0.138. The highest BCUT2D eigenvalue weighted by molar-refractivity contribution is 5.90. The molecule has 0 saturated heterocycles. The number of primary amides is 1. The lowest BCUT2D eigenvalue weighted by Gasteiger charge is -2.06. The van der Waals surface area contributed by atoms with Crippen LogP contribution in [0.5, 0.6) is 0 Å². The predicted octanol–water partition coefficient (Wildman–Crippen LogP) is 0.116. The zero-order valence-electron chi connectivity index (χ0n) is 8.54. The highest BCUT2D eigenvalue weighted by Gasteiger charge is 2.03. The van der Waals surface area contributed by atoms with Crippen molar-refractivity contribution in [3.8, 4) is 0 Å². The summed E-state index contributed by atoms with van der Waals surface area (Å²) in [7, 11) is 0. The molecule has 0 saturated carbocycles. The molecule has 0 spiro atoms. The van der Waals surface area contributed by atoms with Gasteiger partial charge in [-0.15, -0.1) is 12.4 Å². The second kappa shape index (κ2) is 7.87. The molecule has 0 aromatic rings. The van der Waals surface area contributed by atoms with Gasteiger partial charge in [-0.1, -0.05) is 13.2 Å². The third-order valence-corrected chi connectivity index (χ3v) is 1.32. The number of carbonyl (C=O) groups excluding carboxylic acids is 2. The monoisotopic (exact) mass is 234 g/mol. The molecule has 0 aliphatic carbocycles. The highest BCUT2D eigenvalue weighted by Crippen LogP contribution is 1.91. The normalized spacial score (nSPS) is 8.33. The van der Waals surface area contributed by atoms with Crippen molar-refractivity contribution >= 4 is 24.3 Å². The molecular formula is C9H15ClN2O3. The Morgan fingerprint density at radius 2 is 1.93 bits per heavy atom. The first-order valence-electron chi connectivity index (χ1n) is 4.00. The molecule has 86 valence electrons. The van der Waals surface area contributed by atoms with Gasteiger partial charge >= 0.3 is 5.97 Å². The van der Waals surface area contributed by atoms with Crippen LogP contribution in [0.2, 0.25) is 0 Å². The fraction of sp³-hybridized carbons (Fsp3) is 0.333. The highest BCUT2D eigenvalue weighted by atomic mass is 35.5. The van der Waals surface area contributed by atoms with Gasteiger partial charge in [0.25, 0.3) is 5.91 Å². The first-order chi connectivity index (χ1) is 6.45. The SMILES string of the molecule is C=C(C)C(=O)OCCNC(=C)C(N)=O.Cl. The van der Waals surface area contributed by atoms with Crippen LogP contribution in [-0.4, -0.2) is 25.0 Å². The predicted molar refractivity (Wildman–Crippen MR) is 59.4 cm³/mol. The van der Waals surface area contributed by atoms with Gasteiger partial charge in [-0.3, -0.25) is 4.79 Å². The van der Waals surface area contributed by atoms with E-state index in [-0.39, 0.29) is 24.7 Å². The average molecular weight is 235 g/mol. The molecule has 0 atom stereocenters. The summed E-state index contributed by atoms with van der Waals surface area (Å²) in [6.45, 7) is 8.76. The molecule has 0 aromatic carbocycles. The largest absolute Gasteiger partial charge is 0.460 e. The summed E-state index contributed by atoms with van der Waals surface area (Å²) in [6, 6.07) is 0. The Bertz CT molecular complexity index is 249. The van der Waals surface area contributed by atoms with E-state index in [4.69, 9.17) is 10.5 Å². The third-order valence-electron chi connectivity index (χ3n) is 1.32. The molecule has 0 bridgehead atoms. The number of nitrogens with one attached hydrogen (secondary N) is 1. The minimum Gasteiger partial charge on any atom is -0.460 e. The van der Waals surface area contributed by atoms with E-state index in [9.17, 15) is 9.59 Å². The average Bonchev–Trinajstić information content (AvgIpc) is 2.11. The first kappa shape index (κ1) is 16.0. The molecule has 0 heterocycles. The number of esters is 1. The molecular weight excluding hydrogens is 220 g/mol. The summed E-state index contributed by atoms with van der Waals surface area (Å²) in [5, 5.41) is 2.60. The van der Waals surface area contributed by atoms with Crippen LogP contribution in [0, 0.1) is 0 Å². The third kappa shape index (κ3) is 7.57. The van der Waals surface area contributed by atoms with Crippen LogP contribution >= 0.6 is 12.4 Å². The number of amides is 1. The van der Waals surface area contributed by atoms with Gasteiger partial charge in [0, 0.05) is 12.1 Å². The van der Waals surface area contributed by atoms with Gasteiger partial charge in [-0.25, -0.2) is 4.79 Å². The maximum atomic E-state index is 10.9. The minimum atomic E-state index is -0.628. The lowest BCUT2D eigenvalue weighted by Crippen LogP contribution is -2.28. The molecule has 0 aromatic heterocycles. The summed E-state index contributed by atoms with van der Waals surface area (Å²) in [4.78, 5) is 21.3. The quantitative estimate of drug-likeness (QED) is 0.389. The second-order valence-electron chi connectivity index (χ2n) is 2.69. The van der Waals surface area contributed by atoms with Gasteiger partial charge < -0.3 is 15.8 Å². The Morgan fingerprint density at radius 1 is 1.40 bits per heavy atom. The summed E-state index contributed by atoms with van der Waals surface area (Å²) in [6.07, 6.45) is 0. The lowest BCUT2D eigenvalue weighted by atomic mass is 10.4. The number of halogens is 1. The van der Waals surface area contributed by atoms with Crippen LogP contribution in [0.4, 0.5) is 0 Å². The number of nitrogens with two attached hydrogens (primary N) is 1. The number of hydrogen-bond donors (Lipinski definition) is 2. The molecule has 3 N–H and O–H groups in total. The number of ether oxygens (including phenoxy) is 1. The Hall–Kier alpha value is -1.49. The van der Waals surface area contributed by atoms with Gasteiger partial charge in [0.15, 0.2) is 0 Å². The summed E-state index contributed by atoms with van der Waals surface area (Å²) in [5.74, 6) is -1.09. The van der Waals surface area contributed by atoms with E-state index in [1.807, 2.05) is 0 Å². The van der Waals surface area contributed by atoms with Crippen molar-refractivity contribution in [2.75, 3.05) is 13.2 Å². The van der Waals surface area contributed by atoms with E-state index in [0.717, 1.165) is 0 Å². The summed E-state index contributed by atoms with van der Waals surface area (Å²) < 4.78 is 4.74. The molecule has 0 rings (SSSR count). The van der Waals surface area contributed by atoms with Crippen molar-refractivity contribution in [3.63, 3.8) is 0 Å². The fourth-order valence-corrected chi connectivity index (χ4v) is 0.556. The van der Waals surface area contributed by atoms with Crippen LogP contribution in [-0.2, 0) is 14.3 Å². The molecule has 0 radical (unpaired) electrons. The van der Waals surface area contributed by atoms with Crippen LogP contribution < -0.4 is 11.1 Å². The van der Waals surface area contributed by atoms with Crippen molar-refractivity contribution in [2.24, 2.45) is 5.73 Å². The Morgan fingerprint density at radius 3 is 2.33 bits per heavy atom. The van der Waals surface area contributed by atoms with Crippen molar-refractivity contribution < 1.29 is 14.3 Å². The Labute approximate surface area is 94.8 Å². The molecule has 5 nitrogen and oxygen atoms in total. The minimum absolute atomic E-state index is 0. The van der Waals surface area contributed by atoms with Gasteiger partial charge in [0.1, 0.15) is 6.61 Å². The van der Waals surface area contributed by atoms with E-state index in [2.05, 4.69) is 18.5 Å². The first-order valence-corrected chi connectivity index (χ1v) is 4.00. The Kier molecular flexibility index (Phi) is 8.38. The Balaban J connectivity index is 0. The van der Waals surface area contributed by atoms with Crippen molar-refractivity contribution in [1.82, 2.24) is 5.32 Å². The summed E-state index contributed by atoms with van der Waals surface area (Å²) >= 11 is 0. The zero-order valence-corrected chi connectivity index (χ0v) is 9.36. The fourth-order valence-electron chi connectivity index (χ4n) is 0.556. The van der Waals surface area contributed by atoms with Crippen LogP contribution in [0.15, 0.2) is 24.4 Å². The van der Waals surface area contributed by atoms with E-state index < -0.39 is 11.9 Å².